The van der Waals surface area contributed by atoms with E-state index in [1.165, 1.54) is 0 Å². The molecule has 0 radical (unpaired) electrons. The highest BCUT2D eigenvalue weighted by atomic mass is 16.5. The number of carbonyl (C=O) groups excluding carboxylic acids is 2. The lowest BCUT2D eigenvalue weighted by molar-refractivity contribution is -0.157. The van der Waals surface area contributed by atoms with Crippen molar-refractivity contribution in [3.63, 3.8) is 0 Å². The summed E-state index contributed by atoms with van der Waals surface area (Å²) in [5.41, 5.74) is -0.467. The summed E-state index contributed by atoms with van der Waals surface area (Å²) < 4.78 is 10.4. The fourth-order valence-electron chi connectivity index (χ4n) is 2.72. The van der Waals surface area contributed by atoms with Crippen LogP contribution in [0.25, 0.3) is 0 Å². The minimum Gasteiger partial charge on any atom is -0.465 e. The van der Waals surface area contributed by atoms with Crippen LogP contribution in [0.3, 0.4) is 0 Å². The Kier molecular flexibility index (Phi) is 6.65. The number of esters is 1. The minimum absolute atomic E-state index is 0.0423. The molecule has 0 aliphatic carbocycles. The molecule has 1 amide bonds. The normalized spacial score (nSPS) is 19.7. The maximum atomic E-state index is 12.5. The van der Waals surface area contributed by atoms with Crippen LogP contribution in [0.2, 0.25) is 0 Å². The molecule has 5 heteroatoms. The Morgan fingerprint density at radius 3 is 2.33 bits per heavy atom. The molecule has 0 aromatic carbocycles. The van der Waals surface area contributed by atoms with E-state index in [4.69, 9.17) is 9.47 Å². The average molecular weight is 299 g/mol. The van der Waals surface area contributed by atoms with Crippen LogP contribution in [0.1, 0.15) is 47.5 Å². The highest BCUT2D eigenvalue weighted by Crippen LogP contribution is 2.28. The third-order valence-corrected chi connectivity index (χ3v) is 3.99. The summed E-state index contributed by atoms with van der Waals surface area (Å²) in [4.78, 5) is 24.6. The Labute approximate surface area is 127 Å². The standard InChI is InChI=1S/C16H29NO4/c1-6-21-15(19)13(16(3,4)5)14(18)17-11(2)12-7-9-20-10-8-12/h11-13H,6-10H2,1-5H3,(H,17,18). The van der Waals surface area contributed by atoms with Gasteiger partial charge in [0.25, 0.3) is 0 Å². The molecule has 21 heavy (non-hydrogen) atoms. The number of hydrogen-bond acceptors (Lipinski definition) is 4. The van der Waals surface area contributed by atoms with Crippen LogP contribution in [0.4, 0.5) is 0 Å². The molecule has 0 aromatic heterocycles. The fraction of sp³-hybridized carbons (Fsp3) is 0.875. The predicted molar refractivity (Wildman–Crippen MR) is 80.7 cm³/mol. The first-order valence-corrected chi connectivity index (χ1v) is 7.82. The molecule has 1 rings (SSSR count). The zero-order valence-electron chi connectivity index (χ0n) is 13.9. The Morgan fingerprint density at radius 1 is 1.29 bits per heavy atom. The monoisotopic (exact) mass is 299 g/mol. The van der Waals surface area contributed by atoms with E-state index >= 15 is 0 Å². The number of hydrogen-bond donors (Lipinski definition) is 1. The third kappa shape index (κ3) is 5.30. The molecule has 1 aliphatic rings. The first-order chi connectivity index (χ1) is 9.77. The van der Waals surface area contributed by atoms with Gasteiger partial charge in [-0.05, 0) is 38.0 Å². The zero-order chi connectivity index (χ0) is 16.0. The van der Waals surface area contributed by atoms with Gasteiger partial charge >= 0.3 is 5.97 Å². The maximum Gasteiger partial charge on any atom is 0.319 e. The van der Waals surface area contributed by atoms with Crippen LogP contribution in [-0.4, -0.2) is 37.7 Å². The Bertz CT molecular complexity index is 356. The van der Waals surface area contributed by atoms with E-state index in [-0.39, 0.29) is 18.6 Å². The average Bonchev–Trinajstić information content (AvgIpc) is 2.38. The summed E-state index contributed by atoms with van der Waals surface area (Å²) in [6, 6.07) is 0.0423. The van der Waals surface area contributed by atoms with Crippen LogP contribution in [-0.2, 0) is 19.1 Å². The van der Waals surface area contributed by atoms with Crippen LogP contribution in [0, 0.1) is 17.3 Å². The summed E-state index contributed by atoms with van der Waals surface area (Å²) in [5, 5.41) is 3.00. The highest BCUT2D eigenvalue weighted by molar-refractivity contribution is 5.98. The van der Waals surface area contributed by atoms with Crippen LogP contribution < -0.4 is 5.32 Å². The molecule has 1 aliphatic heterocycles. The van der Waals surface area contributed by atoms with Gasteiger partial charge in [-0.2, -0.15) is 0 Å². The van der Waals surface area contributed by atoms with Crippen molar-refractivity contribution in [2.45, 2.75) is 53.5 Å². The van der Waals surface area contributed by atoms with E-state index in [9.17, 15) is 9.59 Å². The first kappa shape index (κ1) is 18.0. The van der Waals surface area contributed by atoms with Crippen LogP contribution in [0.5, 0.6) is 0 Å². The molecule has 1 fully saturated rings. The van der Waals surface area contributed by atoms with Gasteiger partial charge in [0.1, 0.15) is 5.92 Å². The molecule has 0 aromatic rings. The van der Waals surface area contributed by atoms with Gasteiger partial charge in [-0.3, -0.25) is 9.59 Å². The Balaban J connectivity index is 2.69. The van der Waals surface area contributed by atoms with E-state index < -0.39 is 17.3 Å². The van der Waals surface area contributed by atoms with Crippen molar-refractivity contribution in [2.75, 3.05) is 19.8 Å². The summed E-state index contributed by atoms with van der Waals surface area (Å²) >= 11 is 0. The van der Waals surface area contributed by atoms with Gasteiger partial charge in [0.2, 0.25) is 5.91 Å². The van der Waals surface area contributed by atoms with Crippen molar-refractivity contribution in [3.8, 4) is 0 Å². The molecule has 0 spiro atoms. The molecule has 0 saturated carbocycles. The summed E-state index contributed by atoms with van der Waals surface area (Å²) in [6.07, 6.45) is 1.89. The molecule has 1 saturated heterocycles. The van der Waals surface area contributed by atoms with E-state index in [0.29, 0.717) is 5.92 Å². The molecule has 1 heterocycles. The van der Waals surface area contributed by atoms with Crippen molar-refractivity contribution < 1.29 is 19.1 Å². The number of amides is 1. The number of rotatable bonds is 5. The second kappa shape index (κ2) is 7.78. The lowest BCUT2D eigenvalue weighted by Crippen LogP contribution is -2.48. The second-order valence-electron chi connectivity index (χ2n) is 6.80. The molecule has 5 nitrogen and oxygen atoms in total. The van der Waals surface area contributed by atoms with Gasteiger partial charge in [0.05, 0.1) is 6.61 Å². The molecular weight excluding hydrogens is 270 g/mol. The molecule has 2 atom stereocenters. The highest BCUT2D eigenvalue weighted by Gasteiger charge is 2.39. The molecule has 122 valence electrons. The Hall–Kier alpha value is -1.10. The van der Waals surface area contributed by atoms with Crippen LogP contribution >= 0.6 is 0 Å². The van der Waals surface area contributed by atoms with Crippen LogP contribution in [0.15, 0.2) is 0 Å². The number of ether oxygens (including phenoxy) is 2. The van der Waals surface area contributed by atoms with Crippen molar-refractivity contribution in [1.29, 1.82) is 0 Å². The molecule has 0 bridgehead atoms. The number of carbonyl (C=O) groups is 2. The fourth-order valence-corrected chi connectivity index (χ4v) is 2.72. The lowest BCUT2D eigenvalue weighted by atomic mass is 9.79. The second-order valence-corrected chi connectivity index (χ2v) is 6.80. The summed E-state index contributed by atoms with van der Waals surface area (Å²) in [6.45, 7) is 11.2. The minimum atomic E-state index is -0.778. The SMILES string of the molecule is CCOC(=O)C(C(=O)NC(C)C1CCOCC1)C(C)(C)C. The molecular formula is C16H29NO4. The van der Waals surface area contributed by atoms with E-state index in [1.807, 2.05) is 27.7 Å². The summed E-state index contributed by atoms with van der Waals surface area (Å²) in [7, 11) is 0. The van der Waals surface area contributed by atoms with Crippen molar-refractivity contribution in [1.82, 2.24) is 5.32 Å². The molecule has 1 N–H and O–H groups in total. The smallest absolute Gasteiger partial charge is 0.319 e. The first-order valence-electron chi connectivity index (χ1n) is 7.82. The largest absolute Gasteiger partial charge is 0.465 e. The lowest BCUT2D eigenvalue weighted by Gasteiger charge is -2.32. The van der Waals surface area contributed by atoms with Gasteiger partial charge in [-0.15, -0.1) is 0 Å². The predicted octanol–water partition coefficient (Wildman–Crippen LogP) is 2.14. The van der Waals surface area contributed by atoms with Crippen molar-refractivity contribution >= 4 is 11.9 Å². The van der Waals surface area contributed by atoms with Crippen molar-refractivity contribution in [3.05, 3.63) is 0 Å². The zero-order valence-corrected chi connectivity index (χ0v) is 13.9. The maximum absolute atomic E-state index is 12.5. The van der Waals surface area contributed by atoms with Gasteiger partial charge in [0, 0.05) is 19.3 Å². The summed E-state index contributed by atoms with van der Waals surface area (Å²) in [5.74, 6) is -1.05. The van der Waals surface area contributed by atoms with Crippen molar-refractivity contribution in [2.24, 2.45) is 17.3 Å². The van der Waals surface area contributed by atoms with E-state index in [2.05, 4.69) is 5.32 Å². The van der Waals surface area contributed by atoms with Gasteiger partial charge in [-0.1, -0.05) is 20.8 Å². The van der Waals surface area contributed by atoms with Gasteiger partial charge in [0.15, 0.2) is 0 Å². The van der Waals surface area contributed by atoms with E-state index in [0.717, 1.165) is 26.1 Å². The topological polar surface area (TPSA) is 64.6 Å². The third-order valence-electron chi connectivity index (χ3n) is 3.99. The quantitative estimate of drug-likeness (QED) is 0.624. The molecule has 2 unspecified atom stereocenters. The van der Waals surface area contributed by atoms with E-state index in [1.54, 1.807) is 6.92 Å². The van der Waals surface area contributed by atoms with Gasteiger partial charge in [-0.25, -0.2) is 0 Å². The van der Waals surface area contributed by atoms with Gasteiger partial charge < -0.3 is 14.8 Å². The number of nitrogens with one attached hydrogen (secondary N) is 1. The Morgan fingerprint density at radius 2 is 1.86 bits per heavy atom.